The largest absolute Gasteiger partial charge is 0.341 e. The van der Waals surface area contributed by atoms with Crippen molar-refractivity contribution in [2.75, 3.05) is 26.7 Å². The predicted octanol–water partition coefficient (Wildman–Crippen LogP) is 1.96. The van der Waals surface area contributed by atoms with Gasteiger partial charge in [0.05, 0.1) is 5.54 Å². The summed E-state index contributed by atoms with van der Waals surface area (Å²) in [5.41, 5.74) is -0.326. The maximum Gasteiger partial charge on any atom is 0.242 e. The van der Waals surface area contributed by atoms with Crippen molar-refractivity contribution < 1.29 is 9.32 Å². The van der Waals surface area contributed by atoms with E-state index in [1.807, 2.05) is 11.8 Å². The molecule has 0 N–H and O–H groups in total. The van der Waals surface area contributed by atoms with E-state index in [0.29, 0.717) is 11.8 Å². The molecule has 0 aliphatic carbocycles. The van der Waals surface area contributed by atoms with Gasteiger partial charge in [0.2, 0.25) is 11.8 Å². The molecule has 0 bridgehead atoms. The Kier molecular flexibility index (Phi) is 4.21. The van der Waals surface area contributed by atoms with E-state index in [2.05, 4.69) is 29.0 Å². The van der Waals surface area contributed by atoms with Crippen LogP contribution in [0.2, 0.25) is 0 Å². The number of piperidine rings is 2. The molecule has 22 heavy (non-hydrogen) atoms. The molecule has 2 saturated heterocycles. The zero-order valence-electron chi connectivity index (χ0n) is 13.8. The van der Waals surface area contributed by atoms with Gasteiger partial charge in [-0.3, -0.25) is 9.69 Å². The zero-order chi connectivity index (χ0) is 15.7. The summed E-state index contributed by atoms with van der Waals surface area (Å²) in [6.45, 7) is 6.51. The monoisotopic (exact) mass is 306 g/mol. The molecule has 2 aliphatic heterocycles. The van der Waals surface area contributed by atoms with Gasteiger partial charge in [-0.15, -0.1) is 0 Å². The van der Waals surface area contributed by atoms with E-state index in [0.717, 1.165) is 51.1 Å². The van der Waals surface area contributed by atoms with Crippen molar-refractivity contribution in [3.8, 4) is 0 Å². The van der Waals surface area contributed by atoms with Crippen molar-refractivity contribution in [1.82, 2.24) is 19.9 Å². The lowest BCUT2D eigenvalue weighted by Crippen LogP contribution is -2.59. The predicted molar refractivity (Wildman–Crippen MR) is 82.5 cm³/mol. The third kappa shape index (κ3) is 2.76. The van der Waals surface area contributed by atoms with E-state index in [4.69, 9.17) is 4.52 Å². The van der Waals surface area contributed by atoms with Crippen molar-refractivity contribution in [3.05, 3.63) is 11.7 Å². The highest BCUT2D eigenvalue weighted by Crippen LogP contribution is 2.32. The number of likely N-dealkylation sites (N-methyl/N-ethyl adjacent to an activating group) is 1. The number of likely N-dealkylation sites (tertiary alicyclic amines) is 2. The van der Waals surface area contributed by atoms with Crippen LogP contribution in [-0.4, -0.2) is 58.1 Å². The summed E-state index contributed by atoms with van der Waals surface area (Å²) in [6, 6.07) is 0. The number of amides is 1. The second kappa shape index (κ2) is 5.99. The van der Waals surface area contributed by atoms with Gasteiger partial charge < -0.3 is 9.42 Å². The quantitative estimate of drug-likeness (QED) is 0.836. The minimum absolute atomic E-state index is 0.289. The highest BCUT2D eigenvalue weighted by atomic mass is 16.5. The molecular formula is C16H26N4O2. The smallest absolute Gasteiger partial charge is 0.242 e. The lowest BCUT2D eigenvalue weighted by molar-refractivity contribution is -0.146. The molecule has 0 unspecified atom stereocenters. The first kappa shape index (κ1) is 15.5. The summed E-state index contributed by atoms with van der Waals surface area (Å²) in [5.74, 6) is 2.02. The van der Waals surface area contributed by atoms with Crippen LogP contribution in [0.15, 0.2) is 4.52 Å². The Morgan fingerprint density at radius 2 is 2.00 bits per heavy atom. The van der Waals surface area contributed by atoms with E-state index < -0.39 is 0 Å². The number of carbonyl (C=O) groups excluding carboxylic acids is 1. The highest BCUT2D eigenvalue weighted by molar-refractivity contribution is 5.86. The van der Waals surface area contributed by atoms with Crippen LogP contribution in [0.25, 0.3) is 0 Å². The molecule has 6 heteroatoms. The molecule has 1 aromatic heterocycles. The van der Waals surface area contributed by atoms with Gasteiger partial charge in [-0.05, 0) is 52.6 Å². The second-order valence-electron chi connectivity index (χ2n) is 6.89. The Morgan fingerprint density at radius 3 is 2.59 bits per heavy atom. The summed E-state index contributed by atoms with van der Waals surface area (Å²) in [7, 11) is 2.08. The third-order valence-electron chi connectivity index (χ3n) is 5.40. The molecule has 3 heterocycles. The lowest BCUT2D eigenvalue weighted by atomic mass is 9.86. The molecule has 0 radical (unpaired) electrons. The Balaban J connectivity index is 1.62. The van der Waals surface area contributed by atoms with Crippen LogP contribution in [0.1, 0.15) is 56.7 Å². The minimum Gasteiger partial charge on any atom is -0.341 e. The molecule has 1 amide bonds. The van der Waals surface area contributed by atoms with E-state index in [-0.39, 0.29) is 11.4 Å². The number of hydrogen-bond acceptors (Lipinski definition) is 5. The van der Waals surface area contributed by atoms with Crippen LogP contribution in [0.3, 0.4) is 0 Å². The van der Waals surface area contributed by atoms with Crippen LogP contribution in [0.5, 0.6) is 0 Å². The van der Waals surface area contributed by atoms with Gasteiger partial charge in [0.15, 0.2) is 5.82 Å². The summed E-state index contributed by atoms with van der Waals surface area (Å²) < 4.78 is 5.07. The number of rotatable bonds is 2. The van der Waals surface area contributed by atoms with Crippen LogP contribution >= 0.6 is 0 Å². The van der Waals surface area contributed by atoms with Crippen LogP contribution < -0.4 is 0 Å². The van der Waals surface area contributed by atoms with Gasteiger partial charge in [0, 0.05) is 25.9 Å². The standard InChI is InChI=1S/C16H26N4O2/c1-12-17-14(18-22-12)13-6-10-20(11-7-13)15(21)16(2)8-4-5-9-19(16)3/h13H,4-11H2,1-3H3/t16-/m0/s1. The van der Waals surface area contributed by atoms with Crippen LogP contribution in [-0.2, 0) is 4.79 Å². The molecule has 6 nitrogen and oxygen atoms in total. The fourth-order valence-corrected chi connectivity index (χ4v) is 3.69. The number of nitrogens with zero attached hydrogens (tertiary/aromatic N) is 4. The normalized spacial score (nSPS) is 28.0. The molecule has 1 aromatic rings. The summed E-state index contributed by atoms with van der Waals surface area (Å²) in [5, 5.41) is 4.03. The molecule has 3 rings (SSSR count). The molecule has 0 aromatic carbocycles. The van der Waals surface area contributed by atoms with Gasteiger partial charge in [-0.1, -0.05) is 5.16 Å². The molecule has 1 atom stereocenters. The Labute approximate surface area is 131 Å². The van der Waals surface area contributed by atoms with Gasteiger partial charge in [-0.2, -0.15) is 4.98 Å². The Hall–Kier alpha value is -1.43. The fourth-order valence-electron chi connectivity index (χ4n) is 3.69. The van der Waals surface area contributed by atoms with Gasteiger partial charge in [0.25, 0.3) is 0 Å². The minimum atomic E-state index is -0.326. The maximum absolute atomic E-state index is 13.0. The van der Waals surface area contributed by atoms with Crippen LogP contribution in [0, 0.1) is 6.92 Å². The maximum atomic E-state index is 13.0. The molecule has 2 aliphatic rings. The average molecular weight is 306 g/mol. The van der Waals surface area contributed by atoms with Crippen LogP contribution in [0.4, 0.5) is 0 Å². The molecular weight excluding hydrogens is 280 g/mol. The first-order valence-electron chi connectivity index (χ1n) is 8.31. The molecule has 2 fully saturated rings. The lowest BCUT2D eigenvalue weighted by Gasteiger charge is -2.45. The number of hydrogen-bond donors (Lipinski definition) is 0. The highest BCUT2D eigenvalue weighted by Gasteiger charge is 2.42. The van der Waals surface area contributed by atoms with Gasteiger partial charge in [-0.25, -0.2) is 0 Å². The van der Waals surface area contributed by atoms with E-state index in [1.165, 1.54) is 6.42 Å². The zero-order valence-corrected chi connectivity index (χ0v) is 13.8. The fraction of sp³-hybridized carbons (Fsp3) is 0.812. The van der Waals surface area contributed by atoms with E-state index >= 15 is 0 Å². The topological polar surface area (TPSA) is 62.5 Å². The first-order chi connectivity index (χ1) is 10.5. The van der Waals surface area contributed by atoms with Crippen molar-refractivity contribution in [2.45, 2.75) is 57.4 Å². The Bertz CT molecular complexity index is 536. The van der Waals surface area contributed by atoms with E-state index in [1.54, 1.807) is 0 Å². The van der Waals surface area contributed by atoms with Crippen molar-refractivity contribution in [3.63, 3.8) is 0 Å². The SMILES string of the molecule is Cc1nc(C2CCN(C(=O)[C@]3(C)CCCCN3C)CC2)no1. The summed E-state index contributed by atoms with van der Waals surface area (Å²) in [6.07, 6.45) is 5.14. The number of aromatic nitrogens is 2. The third-order valence-corrected chi connectivity index (χ3v) is 5.40. The number of aryl methyl sites for hydroxylation is 1. The summed E-state index contributed by atoms with van der Waals surface area (Å²) in [4.78, 5) is 21.6. The molecule has 0 spiro atoms. The first-order valence-corrected chi connectivity index (χ1v) is 8.31. The van der Waals surface area contributed by atoms with E-state index in [9.17, 15) is 4.79 Å². The van der Waals surface area contributed by atoms with Crippen molar-refractivity contribution >= 4 is 5.91 Å². The van der Waals surface area contributed by atoms with Crippen molar-refractivity contribution in [2.24, 2.45) is 0 Å². The average Bonchev–Trinajstić information content (AvgIpc) is 2.96. The second-order valence-corrected chi connectivity index (χ2v) is 6.89. The van der Waals surface area contributed by atoms with Gasteiger partial charge >= 0.3 is 0 Å². The molecule has 122 valence electrons. The van der Waals surface area contributed by atoms with Gasteiger partial charge in [0.1, 0.15) is 0 Å². The van der Waals surface area contributed by atoms with Crippen molar-refractivity contribution in [1.29, 1.82) is 0 Å². The molecule has 0 saturated carbocycles. The Morgan fingerprint density at radius 1 is 1.27 bits per heavy atom. The summed E-state index contributed by atoms with van der Waals surface area (Å²) >= 11 is 0. The number of carbonyl (C=O) groups is 1.